The molecular weight excluding hydrogens is 446 g/mol. The van der Waals surface area contributed by atoms with Crippen molar-refractivity contribution in [2.75, 3.05) is 45.9 Å². The molecule has 2 aliphatic rings. The minimum Gasteiger partial charge on any atom is -0.379 e. The summed E-state index contributed by atoms with van der Waals surface area (Å²) >= 11 is 1.51. The number of rotatable bonds is 8. The molecule has 0 aliphatic carbocycles. The number of carbonyl (C=O) groups is 1. The van der Waals surface area contributed by atoms with Crippen LogP contribution in [0.5, 0.6) is 0 Å². The normalized spacial score (nSPS) is 18.7. The van der Waals surface area contributed by atoms with Gasteiger partial charge in [0.2, 0.25) is 10.0 Å². The van der Waals surface area contributed by atoms with E-state index in [2.05, 4.69) is 9.62 Å². The molecule has 174 valence electrons. The molecule has 7 nitrogen and oxygen atoms in total. The fourth-order valence-electron chi connectivity index (χ4n) is 4.24. The Kier molecular flexibility index (Phi) is 7.96. The fourth-order valence-corrected chi connectivity index (χ4v) is 5.98. The van der Waals surface area contributed by atoms with E-state index in [-0.39, 0.29) is 17.3 Å². The standard InChI is InChI=1S/C23H31N3O4S2/c27-23(26-11-8-19(9-12-26)7-10-25-13-15-30-16-14-25)20-3-5-22(6-4-20)32(28,29)24-18-21-2-1-17-31-21/h1-6,17,19,24H,7-16,18H2. The molecule has 3 heterocycles. The summed E-state index contributed by atoms with van der Waals surface area (Å²) in [7, 11) is -3.61. The number of benzene rings is 1. The second kappa shape index (κ2) is 10.9. The van der Waals surface area contributed by atoms with E-state index in [1.165, 1.54) is 29.9 Å². The van der Waals surface area contributed by atoms with E-state index >= 15 is 0 Å². The van der Waals surface area contributed by atoms with Gasteiger partial charge >= 0.3 is 0 Å². The van der Waals surface area contributed by atoms with Gasteiger partial charge in [0.15, 0.2) is 0 Å². The predicted octanol–water partition coefficient (Wildman–Crippen LogP) is 2.80. The molecule has 0 unspecified atom stereocenters. The highest BCUT2D eigenvalue weighted by atomic mass is 32.2. The lowest BCUT2D eigenvalue weighted by Gasteiger charge is -2.34. The SMILES string of the molecule is O=C(c1ccc(S(=O)(=O)NCc2cccs2)cc1)N1CCC(CCN2CCOCC2)CC1. The smallest absolute Gasteiger partial charge is 0.253 e. The van der Waals surface area contributed by atoms with Gasteiger partial charge in [0.05, 0.1) is 18.1 Å². The summed E-state index contributed by atoms with van der Waals surface area (Å²) in [4.78, 5) is 18.4. The first-order valence-electron chi connectivity index (χ1n) is 11.2. The molecule has 0 spiro atoms. The van der Waals surface area contributed by atoms with E-state index in [9.17, 15) is 13.2 Å². The lowest BCUT2D eigenvalue weighted by molar-refractivity contribution is 0.0332. The van der Waals surface area contributed by atoms with Crippen LogP contribution in [0.25, 0.3) is 0 Å². The molecule has 2 fully saturated rings. The Morgan fingerprint density at radius 1 is 1.06 bits per heavy atom. The number of hydrogen-bond donors (Lipinski definition) is 1. The summed E-state index contributed by atoms with van der Waals surface area (Å²) in [6.07, 6.45) is 3.22. The van der Waals surface area contributed by atoms with Gasteiger partial charge in [-0.2, -0.15) is 0 Å². The fraction of sp³-hybridized carbons (Fsp3) is 0.522. The second-order valence-corrected chi connectivity index (χ2v) is 11.2. The molecule has 1 N–H and O–H groups in total. The molecule has 2 saturated heterocycles. The van der Waals surface area contributed by atoms with Crippen molar-refractivity contribution >= 4 is 27.3 Å². The van der Waals surface area contributed by atoms with Crippen molar-refractivity contribution in [3.8, 4) is 0 Å². The molecule has 0 bridgehead atoms. The Morgan fingerprint density at radius 2 is 1.78 bits per heavy atom. The summed E-state index contributed by atoms with van der Waals surface area (Å²) in [6.45, 7) is 6.60. The number of hydrogen-bond acceptors (Lipinski definition) is 6. The van der Waals surface area contributed by atoms with Crippen molar-refractivity contribution in [3.63, 3.8) is 0 Å². The summed E-state index contributed by atoms with van der Waals surface area (Å²) in [5.74, 6) is 0.635. The number of nitrogens with zero attached hydrogens (tertiary/aromatic N) is 2. The maximum absolute atomic E-state index is 12.9. The summed E-state index contributed by atoms with van der Waals surface area (Å²) in [5.41, 5.74) is 0.536. The summed E-state index contributed by atoms with van der Waals surface area (Å²) in [6, 6.07) is 10.0. The largest absolute Gasteiger partial charge is 0.379 e. The van der Waals surface area contributed by atoms with Gasteiger partial charge in [-0.25, -0.2) is 13.1 Å². The molecule has 2 aliphatic heterocycles. The van der Waals surface area contributed by atoms with Crippen LogP contribution in [0.15, 0.2) is 46.7 Å². The minimum atomic E-state index is -3.61. The van der Waals surface area contributed by atoms with E-state index in [1.54, 1.807) is 12.1 Å². The molecule has 4 rings (SSSR count). The third kappa shape index (κ3) is 6.17. The topological polar surface area (TPSA) is 79.0 Å². The van der Waals surface area contributed by atoms with Crippen LogP contribution in [0.3, 0.4) is 0 Å². The van der Waals surface area contributed by atoms with Gasteiger partial charge in [-0.3, -0.25) is 9.69 Å². The highest BCUT2D eigenvalue weighted by molar-refractivity contribution is 7.89. The Hall–Kier alpha value is -1.78. The Bertz CT molecular complexity index is 963. The van der Waals surface area contributed by atoms with Gasteiger partial charge in [-0.05, 0) is 67.4 Å². The first kappa shape index (κ1) is 23.4. The van der Waals surface area contributed by atoms with Crippen LogP contribution >= 0.6 is 11.3 Å². The molecular formula is C23H31N3O4S2. The molecule has 0 saturated carbocycles. The van der Waals surface area contributed by atoms with Gasteiger partial charge in [-0.15, -0.1) is 11.3 Å². The number of likely N-dealkylation sites (tertiary alicyclic amines) is 1. The monoisotopic (exact) mass is 477 g/mol. The molecule has 2 aromatic rings. The van der Waals surface area contributed by atoms with Crippen LogP contribution in [0.2, 0.25) is 0 Å². The van der Waals surface area contributed by atoms with Crippen LogP contribution in [0.4, 0.5) is 0 Å². The van der Waals surface area contributed by atoms with Crippen LogP contribution < -0.4 is 4.72 Å². The lowest BCUT2D eigenvalue weighted by Crippen LogP contribution is -2.40. The van der Waals surface area contributed by atoms with Gasteiger partial charge in [0.25, 0.3) is 5.91 Å². The average molecular weight is 478 g/mol. The summed E-state index contributed by atoms with van der Waals surface area (Å²) < 4.78 is 33.0. The number of morpholine rings is 1. The predicted molar refractivity (Wildman–Crippen MR) is 125 cm³/mol. The van der Waals surface area contributed by atoms with Crippen molar-refractivity contribution < 1.29 is 17.9 Å². The molecule has 1 amide bonds. The lowest BCUT2D eigenvalue weighted by atomic mass is 9.93. The van der Waals surface area contributed by atoms with Crippen LogP contribution in [0, 0.1) is 5.92 Å². The first-order chi connectivity index (χ1) is 15.5. The minimum absolute atomic E-state index is 0.0212. The van der Waals surface area contributed by atoms with Crippen LogP contribution in [-0.4, -0.2) is 70.1 Å². The third-order valence-corrected chi connectivity index (χ3v) is 8.58. The number of ether oxygens (including phenoxy) is 1. The Balaban J connectivity index is 1.25. The van der Waals surface area contributed by atoms with E-state index in [4.69, 9.17) is 4.74 Å². The maximum Gasteiger partial charge on any atom is 0.253 e. The Morgan fingerprint density at radius 3 is 2.44 bits per heavy atom. The Labute approximate surface area is 194 Å². The zero-order valence-corrected chi connectivity index (χ0v) is 19.9. The van der Waals surface area contributed by atoms with Crippen molar-refractivity contribution in [3.05, 3.63) is 52.2 Å². The van der Waals surface area contributed by atoms with E-state index in [1.807, 2.05) is 22.4 Å². The highest BCUT2D eigenvalue weighted by Gasteiger charge is 2.25. The third-order valence-electron chi connectivity index (χ3n) is 6.29. The molecule has 0 radical (unpaired) electrons. The second-order valence-electron chi connectivity index (χ2n) is 8.41. The molecule has 9 heteroatoms. The van der Waals surface area contributed by atoms with Crippen LogP contribution in [-0.2, 0) is 21.3 Å². The summed E-state index contributed by atoms with van der Waals surface area (Å²) in [5, 5.41) is 1.91. The zero-order chi connectivity index (χ0) is 22.4. The molecule has 0 atom stereocenters. The van der Waals surface area contributed by atoms with Gasteiger partial charge in [0.1, 0.15) is 0 Å². The van der Waals surface area contributed by atoms with E-state index in [0.717, 1.165) is 63.7 Å². The molecule has 32 heavy (non-hydrogen) atoms. The number of thiophene rings is 1. The van der Waals surface area contributed by atoms with Gasteiger partial charge < -0.3 is 9.64 Å². The zero-order valence-electron chi connectivity index (χ0n) is 18.2. The molecule has 1 aromatic heterocycles. The van der Waals surface area contributed by atoms with E-state index < -0.39 is 10.0 Å². The van der Waals surface area contributed by atoms with Crippen molar-refractivity contribution in [2.45, 2.75) is 30.7 Å². The molecule has 1 aromatic carbocycles. The quantitative estimate of drug-likeness (QED) is 0.633. The number of nitrogens with one attached hydrogen (secondary N) is 1. The van der Waals surface area contributed by atoms with E-state index in [0.29, 0.717) is 11.5 Å². The van der Waals surface area contributed by atoms with Crippen molar-refractivity contribution in [1.29, 1.82) is 0 Å². The van der Waals surface area contributed by atoms with Gasteiger partial charge in [0, 0.05) is 43.2 Å². The van der Waals surface area contributed by atoms with Crippen molar-refractivity contribution in [1.82, 2.24) is 14.5 Å². The van der Waals surface area contributed by atoms with Gasteiger partial charge in [-0.1, -0.05) is 6.07 Å². The maximum atomic E-state index is 12.9. The number of amides is 1. The first-order valence-corrected chi connectivity index (χ1v) is 13.6. The highest BCUT2D eigenvalue weighted by Crippen LogP contribution is 2.23. The number of piperidine rings is 1. The average Bonchev–Trinajstić information content (AvgIpc) is 3.36. The van der Waals surface area contributed by atoms with Crippen molar-refractivity contribution in [2.24, 2.45) is 5.92 Å². The number of sulfonamides is 1. The number of carbonyl (C=O) groups excluding carboxylic acids is 1. The van der Waals surface area contributed by atoms with Crippen LogP contribution in [0.1, 0.15) is 34.5 Å².